The SMILES string of the molecule is CCOC(=O)C1(C)CCC(c2nn[nH]n2)CC1. The molecule has 1 heterocycles. The first kappa shape index (κ1) is 12.0. The second-order valence-electron chi connectivity index (χ2n) is 4.83. The van der Waals surface area contributed by atoms with Gasteiger partial charge in [-0.15, -0.1) is 10.2 Å². The zero-order valence-electron chi connectivity index (χ0n) is 10.3. The molecule has 1 aromatic rings. The van der Waals surface area contributed by atoms with E-state index in [1.54, 1.807) is 0 Å². The number of nitrogens with zero attached hydrogens (tertiary/aromatic N) is 3. The van der Waals surface area contributed by atoms with Crippen LogP contribution in [0.5, 0.6) is 0 Å². The monoisotopic (exact) mass is 238 g/mol. The van der Waals surface area contributed by atoms with Gasteiger partial charge >= 0.3 is 5.97 Å². The number of esters is 1. The molecule has 1 N–H and O–H groups in total. The molecule has 0 spiro atoms. The van der Waals surface area contributed by atoms with Crippen LogP contribution < -0.4 is 0 Å². The summed E-state index contributed by atoms with van der Waals surface area (Å²) in [5.41, 5.74) is -0.337. The molecule has 1 saturated carbocycles. The molecule has 1 fully saturated rings. The number of rotatable bonds is 3. The van der Waals surface area contributed by atoms with Crippen molar-refractivity contribution < 1.29 is 9.53 Å². The maximum absolute atomic E-state index is 11.8. The number of carbonyl (C=O) groups is 1. The van der Waals surface area contributed by atoms with Crippen LogP contribution in [0.25, 0.3) is 0 Å². The minimum atomic E-state index is -0.337. The summed E-state index contributed by atoms with van der Waals surface area (Å²) in [5, 5.41) is 14.1. The van der Waals surface area contributed by atoms with Gasteiger partial charge in [0.05, 0.1) is 12.0 Å². The Balaban J connectivity index is 1.95. The second kappa shape index (κ2) is 4.81. The number of hydrogen-bond donors (Lipinski definition) is 1. The van der Waals surface area contributed by atoms with Crippen LogP contribution in [-0.2, 0) is 9.53 Å². The fourth-order valence-electron chi connectivity index (χ4n) is 2.37. The van der Waals surface area contributed by atoms with Crippen LogP contribution >= 0.6 is 0 Å². The molecule has 6 nitrogen and oxygen atoms in total. The first-order valence-corrected chi connectivity index (χ1v) is 6.06. The Labute approximate surface area is 100 Å². The molecule has 94 valence electrons. The van der Waals surface area contributed by atoms with Crippen molar-refractivity contribution in [2.45, 2.75) is 45.4 Å². The van der Waals surface area contributed by atoms with Gasteiger partial charge in [0.15, 0.2) is 5.82 Å². The molecule has 0 amide bonds. The highest BCUT2D eigenvalue weighted by molar-refractivity contribution is 5.76. The van der Waals surface area contributed by atoms with Gasteiger partial charge in [0.2, 0.25) is 0 Å². The number of H-pyrrole nitrogens is 1. The summed E-state index contributed by atoms with van der Waals surface area (Å²) in [5.74, 6) is 0.999. The quantitative estimate of drug-likeness (QED) is 0.805. The predicted octanol–water partition coefficient (Wildman–Crippen LogP) is 1.43. The number of ether oxygens (including phenoxy) is 1. The molecular formula is C11H18N4O2. The number of nitrogens with one attached hydrogen (secondary N) is 1. The van der Waals surface area contributed by atoms with Crippen LogP contribution in [0.15, 0.2) is 0 Å². The van der Waals surface area contributed by atoms with Gasteiger partial charge in [-0.3, -0.25) is 4.79 Å². The van der Waals surface area contributed by atoms with Gasteiger partial charge in [0, 0.05) is 5.92 Å². The lowest BCUT2D eigenvalue weighted by Crippen LogP contribution is -2.34. The van der Waals surface area contributed by atoms with Gasteiger partial charge in [-0.05, 0) is 39.5 Å². The van der Waals surface area contributed by atoms with Crippen LogP contribution in [0, 0.1) is 5.41 Å². The van der Waals surface area contributed by atoms with E-state index in [1.165, 1.54) is 0 Å². The molecule has 1 aliphatic rings. The maximum Gasteiger partial charge on any atom is 0.311 e. The first-order chi connectivity index (χ1) is 8.15. The molecule has 17 heavy (non-hydrogen) atoms. The molecule has 0 unspecified atom stereocenters. The molecule has 6 heteroatoms. The molecule has 0 radical (unpaired) electrons. The molecule has 0 saturated heterocycles. The second-order valence-corrected chi connectivity index (χ2v) is 4.83. The molecule has 0 atom stereocenters. The molecule has 1 aliphatic carbocycles. The predicted molar refractivity (Wildman–Crippen MR) is 60.1 cm³/mol. The fourth-order valence-corrected chi connectivity index (χ4v) is 2.37. The number of carbonyl (C=O) groups excluding carboxylic acids is 1. The average Bonchev–Trinajstić information content (AvgIpc) is 2.84. The van der Waals surface area contributed by atoms with Crippen molar-refractivity contribution in [2.75, 3.05) is 6.61 Å². The van der Waals surface area contributed by atoms with Gasteiger partial charge < -0.3 is 4.74 Å². The van der Waals surface area contributed by atoms with E-state index < -0.39 is 0 Å². The number of aromatic nitrogens is 4. The third-order valence-corrected chi connectivity index (χ3v) is 3.58. The largest absolute Gasteiger partial charge is 0.466 e. The minimum Gasteiger partial charge on any atom is -0.466 e. The highest BCUT2D eigenvalue weighted by atomic mass is 16.5. The van der Waals surface area contributed by atoms with Crippen molar-refractivity contribution in [2.24, 2.45) is 5.41 Å². The summed E-state index contributed by atoms with van der Waals surface area (Å²) in [7, 11) is 0. The topological polar surface area (TPSA) is 80.8 Å². The lowest BCUT2D eigenvalue weighted by atomic mass is 9.71. The lowest BCUT2D eigenvalue weighted by molar-refractivity contribution is -0.156. The van der Waals surface area contributed by atoms with Crippen LogP contribution in [0.3, 0.4) is 0 Å². The maximum atomic E-state index is 11.8. The van der Waals surface area contributed by atoms with E-state index >= 15 is 0 Å². The zero-order chi connectivity index (χ0) is 12.3. The van der Waals surface area contributed by atoms with Crippen LogP contribution in [0.2, 0.25) is 0 Å². The Morgan fingerprint density at radius 3 is 2.76 bits per heavy atom. The third-order valence-electron chi connectivity index (χ3n) is 3.58. The van der Waals surface area contributed by atoms with Gasteiger partial charge in [-0.25, -0.2) is 0 Å². The van der Waals surface area contributed by atoms with Crippen LogP contribution in [0.1, 0.15) is 51.3 Å². The van der Waals surface area contributed by atoms with E-state index in [-0.39, 0.29) is 11.4 Å². The molecule has 1 aromatic heterocycles. The Bertz CT molecular complexity index is 369. The third kappa shape index (κ3) is 2.45. The van der Waals surface area contributed by atoms with Crippen molar-refractivity contribution in [3.63, 3.8) is 0 Å². The fraction of sp³-hybridized carbons (Fsp3) is 0.818. The van der Waals surface area contributed by atoms with Gasteiger partial charge in [-0.1, -0.05) is 5.21 Å². The smallest absolute Gasteiger partial charge is 0.311 e. The van der Waals surface area contributed by atoms with E-state index in [1.807, 2.05) is 13.8 Å². The van der Waals surface area contributed by atoms with E-state index in [4.69, 9.17) is 4.74 Å². The van der Waals surface area contributed by atoms with E-state index in [0.29, 0.717) is 12.5 Å². The summed E-state index contributed by atoms with van der Waals surface area (Å²) in [6, 6.07) is 0. The Morgan fingerprint density at radius 1 is 1.53 bits per heavy atom. The highest BCUT2D eigenvalue weighted by Crippen LogP contribution is 2.42. The summed E-state index contributed by atoms with van der Waals surface area (Å²) in [4.78, 5) is 11.8. The molecule has 0 aliphatic heterocycles. The number of hydrogen-bond acceptors (Lipinski definition) is 5. The number of tetrazole rings is 1. The van der Waals surface area contributed by atoms with Crippen LogP contribution in [0.4, 0.5) is 0 Å². The number of aromatic amines is 1. The molecule has 2 rings (SSSR count). The van der Waals surface area contributed by atoms with E-state index in [0.717, 1.165) is 31.5 Å². The van der Waals surface area contributed by atoms with Crippen molar-refractivity contribution in [1.29, 1.82) is 0 Å². The van der Waals surface area contributed by atoms with Crippen molar-refractivity contribution >= 4 is 5.97 Å². The summed E-state index contributed by atoms with van der Waals surface area (Å²) in [6.07, 6.45) is 3.47. The van der Waals surface area contributed by atoms with E-state index in [9.17, 15) is 4.79 Å². The molecular weight excluding hydrogens is 220 g/mol. The lowest BCUT2D eigenvalue weighted by Gasteiger charge is -2.33. The van der Waals surface area contributed by atoms with Gasteiger partial charge in [0.1, 0.15) is 0 Å². The van der Waals surface area contributed by atoms with Gasteiger partial charge in [-0.2, -0.15) is 5.21 Å². The van der Waals surface area contributed by atoms with Crippen molar-refractivity contribution in [1.82, 2.24) is 20.6 Å². The standard InChI is InChI=1S/C11H18N4O2/c1-3-17-10(16)11(2)6-4-8(5-7-11)9-12-14-15-13-9/h8H,3-7H2,1-2H3,(H,12,13,14,15). The average molecular weight is 238 g/mol. The normalized spacial score (nSPS) is 28.9. The Hall–Kier alpha value is -1.46. The van der Waals surface area contributed by atoms with Gasteiger partial charge in [0.25, 0.3) is 0 Å². The molecule has 0 aromatic carbocycles. The molecule has 0 bridgehead atoms. The minimum absolute atomic E-state index is 0.0773. The highest BCUT2D eigenvalue weighted by Gasteiger charge is 2.39. The summed E-state index contributed by atoms with van der Waals surface area (Å²) >= 11 is 0. The Kier molecular flexibility index (Phi) is 3.40. The summed E-state index contributed by atoms with van der Waals surface area (Å²) in [6.45, 7) is 4.27. The van der Waals surface area contributed by atoms with Crippen molar-refractivity contribution in [3.8, 4) is 0 Å². The first-order valence-electron chi connectivity index (χ1n) is 6.06. The van der Waals surface area contributed by atoms with Crippen molar-refractivity contribution in [3.05, 3.63) is 5.82 Å². The zero-order valence-corrected chi connectivity index (χ0v) is 10.3. The summed E-state index contributed by atoms with van der Waals surface area (Å²) < 4.78 is 5.12. The van der Waals surface area contributed by atoms with Crippen LogP contribution in [-0.4, -0.2) is 33.2 Å². The van der Waals surface area contributed by atoms with E-state index in [2.05, 4.69) is 20.6 Å². The Morgan fingerprint density at radius 2 is 2.24 bits per heavy atom.